The molecule has 2 heterocycles. The fraction of sp³-hybridized carbons (Fsp3) is 0.850. The van der Waals surface area contributed by atoms with Crippen molar-refractivity contribution in [2.24, 2.45) is 0 Å². The molecule has 29 heavy (non-hydrogen) atoms. The molecule has 2 aliphatic heterocycles. The SMILES string of the molecule is CN1CCN([13CH2]C2CCCN2C[13C](=O)[15NH][13CH2][13CH2][13CH2][13C](=O)[15NH]CCC[13C](=O)O)[13CH2][13CH2]1. The molecule has 0 spiro atoms. The first-order chi connectivity index (χ1) is 13.9. The Balaban J connectivity index is 1.55. The van der Waals surface area contributed by atoms with Crippen LogP contribution >= 0.6 is 0 Å². The van der Waals surface area contributed by atoms with Crippen molar-refractivity contribution in [1.29, 1.82) is 0 Å². The highest BCUT2D eigenvalue weighted by Crippen LogP contribution is 2.18. The van der Waals surface area contributed by atoms with Gasteiger partial charge in [-0.05, 0) is 39.3 Å². The third kappa shape index (κ3) is 9.56. The highest BCUT2D eigenvalue weighted by Gasteiger charge is 2.28. The predicted molar refractivity (Wildman–Crippen MR) is 111 cm³/mol. The van der Waals surface area contributed by atoms with Crippen molar-refractivity contribution < 1.29 is 19.5 Å². The van der Waals surface area contributed by atoms with Gasteiger partial charge in [0.1, 0.15) is 0 Å². The maximum Gasteiger partial charge on any atom is 0.303 e. The minimum Gasteiger partial charge on any atom is -0.481 e. The molecule has 0 aromatic rings. The molecule has 0 aromatic heterocycles. The minimum atomic E-state index is -0.856. The highest BCUT2D eigenvalue weighted by molar-refractivity contribution is 5.78. The van der Waals surface area contributed by atoms with Crippen LogP contribution in [0.5, 0.6) is 0 Å². The van der Waals surface area contributed by atoms with E-state index in [1.54, 1.807) is 0 Å². The predicted octanol–water partition coefficient (Wildman–Crippen LogP) is -0.424. The molecule has 2 rings (SSSR count). The Labute approximate surface area is 173 Å². The molecule has 2 fully saturated rings. The van der Waals surface area contributed by atoms with Crippen LogP contribution in [0, 0.1) is 0 Å². The quantitative estimate of drug-likeness (QED) is 0.223. The lowest BCUT2D eigenvalue weighted by Gasteiger charge is -2.36. The van der Waals surface area contributed by atoms with Crippen molar-refractivity contribution in [3.8, 4) is 0 Å². The first kappa shape index (κ1) is 23.6. The molecule has 166 valence electrons. The molecule has 9 nitrogen and oxygen atoms in total. The molecule has 2 saturated heterocycles. The van der Waals surface area contributed by atoms with Gasteiger partial charge in [-0.25, -0.2) is 0 Å². The monoisotopic (exact) mass is 422 g/mol. The smallest absolute Gasteiger partial charge is 0.303 e. The summed E-state index contributed by atoms with van der Waals surface area (Å²) in [6.45, 7) is 7.74. The number of hydrogen-bond acceptors (Lipinski definition) is 6. The summed E-state index contributed by atoms with van der Waals surface area (Å²) in [5, 5.41) is 14.2. The van der Waals surface area contributed by atoms with E-state index in [0.29, 0.717) is 44.9 Å². The number of amides is 2. The van der Waals surface area contributed by atoms with Crippen molar-refractivity contribution >= 4 is 17.8 Å². The normalized spacial score (nSPS) is 21.2. The number of carbonyl (C=O) groups excluding carboxylic acids is 2. The molecule has 0 bridgehead atoms. The van der Waals surface area contributed by atoms with E-state index in [1.807, 2.05) is 0 Å². The first-order valence-electron chi connectivity index (χ1n) is 10.8. The second kappa shape index (κ2) is 12.8. The number of piperazine rings is 1. The third-order valence-electron chi connectivity index (χ3n) is 5.70. The molecule has 0 radical (unpaired) electrons. The van der Waals surface area contributed by atoms with Gasteiger partial charge in [0, 0.05) is 64.7 Å². The molecule has 0 aromatic carbocycles. The topological polar surface area (TPSA) is 105 Å². The van der Waals surface area contributed by atoms with E-state index in [1.165, 1.54) is 0 Å². The van der Waals surface area contributed by atoms with Crippen molar-refractivity contribution in [1.82, 2.24) is 25.3 Å². The van der Waals surface area contributed by atoms with Crippen LogP contribution in [-0.2, 0) is 14.4 Å². The summed E-state index contributed by atoms with van der Waals surface area (Å²) in [4.78, 5) is 41.5. The molecular formula is C20H37N5O4. The van der Waals surface area contributed by atoms with E-state index >= 15 is 0 Å². The number of likely N-dealkylation sites (tertiary alicyclic amines) is 1. The number of rotatable bonds is 12. The number of hydrogen-bond donors (Lipinski definition) is 3. The fourth-order valence-electron chi connectivity index (χ4n) is 3.91. The summed E-state index contributed by atoms with van der Waals surface area (Å²) < 4.78 is 0. The van der Waals surface area contributed by atoms with Gasteiger partial charge in [0.15, 0.2) is 0 Å². The lowest BCUT2D eigenvalue weighted by atomic mass is 10.3. The summed E-state index contributed by atoms with van der Waals surface area (Å²) in [6.07, 6.45) is 3.71. The molecule has 1 unspecified atom stereocenters. The Hall–Kier alpha value is -1.71. The van der Waals surface area contributed by atoms with Crippen LogP contribution in [0.4, 0.5) is 0 Å². The van der Waals surface area contributed by atoms with Gasteiger partial charge in [-0.3, -0.25) is 24.2 Å². The Morgan fingerprint density at radius 1 is 0.931 bits per heavy atom. The number of aliphatic carboxylic acids is 1. The van der Waals surface area contributed by atoms with Gasteiger partial charge in [0.05, 0.1) is 6.54 Å². The second-order valence-corrected chi connectivity index (χ2v) is 8.17. The van der Waals surface area contributed by atoms with E-state index in [9.17, 15) is 14.4 Å². The molecule has 0 aliphatic carbocycles. The maximum atomic E-state index is 12.3. The van der Waals surface area contributed by atoms with E-state index in [0.717, 1.165) is 52.1 Å². The molecule has 2 aliphatic rings. The molecule has 1 atom stereocenters. The molecule has 2 amide bonds. The van der Waals surface area contributed by atoms with Gasteiger partial charge >= 0.3 is 5.97 Å². The number of nitrogens with one attached hydrogen (secondary N) is 2. The first-order valence-corrected chi connectivity index (χ1v) is 10.8. The van der Waals surface area contributed by atoms with Crippen LogP contribution in [0.15, 0.2) is 0 Å². The highest BCUT2D eigenvalue weighted by atomic mass is 16.5. The standard InChI is InChI=1S/C20H37N5O4/c1-23-11-13-24(14-12-23)15-17-5-4-10-25(17)16-19(27)22-8-2-6-18(26)21-9-3-7-20(28)29/h17H,2-16H2,1H3,(H,21,26)(H,22,27)(H,28,29)/i2+1,6+1,8+1,11+1,13+1,15+1,18+1,19+1,20+1,21+1,22+1. The van der Waals surface area contributed by atoms with Gasteiger partial charge in [0.2, 0.25) is 11.8 Å². The summed E-state index contributed by atoms with van der Waals surface area (Å²) in [6, 6.07) is 0.459. The van der Waals surface area contributed by atoms with Crippen molar-refractivity contribution in [3.05, 3.63) is 0 Å². The molecular weight excluding hydrogens is 385 g/mol. The Morgan fingerprint density at radius 3 is 2.28 bits per heavy atom. The van der Waals surface area contributed by atoms with E-state index in [2.05, 4.69) is 32.4 Å². The summed E-state index contributed by atoms with van der Waals surface area (Å²) in [5.74, 6) is -0.931. The summed E-state index contributed by atoms with van der Waals surface area (Å²) >= 11 is 0. The average Bonchev–Trinajstić information content (AvgIpc) is 3.10. The maximum absolute atomic E-state index is 12.3. The zero-order valence-electron chi connectivity index (χ0n) is 17.7. The van der Waals surface area contributed by atoms with Crippen LogP contribution in [-0.4, -0.2) is 110 Å². The molecule has 9 heteroatoms. The van der Waals surface area contributed by atoms with Crippen molar-refractivity contribution in [2.75, 3.05) is 66.0 Å². The number of carboxylic acid groups (broad SMARTS) is 1. The van der Waals surface area contributed by atoms with Crippen LogP contribution in [0.2, 0.25) is 0 Å². The number of carboxylic acids is 1. The Morgan fingerprint density at radius 2 is 1.59 bits per heavy atom. The molecule has 3 N–H and O–H groups in total. The average molecular weight is 422 g/mol. The minimum absolute atomic E-state index is 0.0251. The third-order valence-corrected chi connectivity index (χ3v) is 5.70. The second-order valence-electron chi connectivity index (χ2n) is 8.17. The Kier molecular flexibility index (Phi) is 10.4. The van der Waals surface area contributed by atoms with Crippen LogP contribution in [0.3, 0.4) is 0 Å². The van der Waals surface area contributed by atoms with Crippen LogP contribution < -0.4 is 10.6 Å². The summed E-state index contributed by atoms with van der Waals surface area (Å²) in [5.41, 5.74) is 0. The largest absolute Gasteiger partial charge is 0.481 e. The number of nitrogens with zero attached hydrogens (tertiary/aromatic N) is 3. The van der Waals surface area contributed by atoms with Crippen LogP contribution in [0.1, 0.15) is 38.5 Å². The van der Waals surface area contributed by atoms with Crippen LogP contribution in [0.25, 0.3) is 0 Å². The van der Waals surface area contributed by atoms with E-state index in [4.69, 9.17) is 5.11 Å². The van der Waals surface area contributed by atoms with Gasteiger partial charge in [-0.1, -0.05) is 0 Å². The van der Waals surface area contributed by atoms with Gasteiger partial charge in [-0.2, -0.15) is 0 Å². The summed E-state index contributed by atoms with van der Waals surface area (Å²) in [7, 11) is 2.16. The number of carbonyl (C=O) groups is 3. The van der Waals surface area contributed by atoms with E-state index in [-0.39, 0.29) is 18.2 Å². The van der Waals surface area contributed by atoms with Gasteiger partial charge in [0.25, 0.3) is 0 Å². The lowest BCUT2D eigenvalue weighted by molar-refractivity contribution is -0.137. The van der Waals surface area contributed by atoms with E-state index < -0.39 is 5.97 Å². The Bertz CT molecular complexity index is 537. The van der Waals surface area contributed by atoms with Gasteiger partial charge < -0.3 is 20.6 Å². The molecule has 0 saturated carbocycles. The van der Waals surface area contributed by atoms with Gasteiger partial charge in [-0.15, -0.1) is 0 Å². The lowest BCUT2D eigenvalue weighted by Crippen LogP contribution is -2.50. The zero-order valence-corrected chi connectivity index (χ0v) is 17.7. The van der Waals surface area contributed by atoms with Crippen molar-refractivity contribution in [3.63, 3.8) is 0 Å². The fourth-order valence-corrected chi connectivity index (χ4v) is 3.91. The zero-order chi connectivity index (χ0) is 21.1. The van der Waals surface area contributed by atoms with Crippen molar-refractivity contribution in [2.45, 2.75) is 44.6 Å². The number of likely N-dealkylation sites (N-methyl/N-ethyl adjacent to an activating group) is 1.